The Labute approximate surface area is 98.7 Å². The van der Waals surface area contributed by atoms with Gasteiger partial charge in [0.1, 0.15) is 11.5 Å². The number of aromatic amines is 1. The third kappa shape index (κ3) is 2.04. The van der Waals surface area contributed by atoms with Crippen molar-refractivity contribution in [2.45, 2.75) is 20.3 Å². The molecule has 17 heavy (non-hydrogen) atoms. The summed E-state index contributed by atoms with van der Waals surface area (Å²) in [4.78, 5) is 22.9. The predicted octanol–water partition coefficient (Wildman–Crippen LogP) is 1.28. The standard InChI is InChI=1S/C12H14N4O/c1-3-8-10(13)15-11(16-12(8)17)9-7(2)5-4-6-14-9/h4-6H,3H2,1-2H3,(H3,13,15,16,17). The van der Waals surface area contributed by atoms with Crippen molar-refractivity contribution in [1.29, 1.82) is 0 Å². The first-order chi connectivity index (χ1) is 8.13. The van der Waals surface area contributed by atoms with Crippen molar-refractivity contribution in [1.82, 2.24) is 15.0 Å². The minimum atomic E-state index is -0.194. The number of aromatic nitrogens is 3. The Bertz CT molecular complexity index is 604. The van der Waals surface area contributed by atoms with Crippen LogP contribution in [0.15, 0.2) is 23.1 Å². The van der Waals surface area contributed by atoms with E-state index in [1.807, 2.05) is 26.0 Å². The number of nitrogens with two attached hydrogens (primary N) is 1. The van der Waals surface area contributed by atoms with Gasteiger partial charge in [-0.2, -0.15) is 0 Å². The van der Waals surface area contributed by atoms with E-state index in [4.69, 9.17) is 5.73 Å². The van der Waals surface area contributed by atoms with Crippen molar-refractivity contribution in [3.05, 3.63) is 39.8 Å². The number of nitrogens with zero attached hydrogens (tertiary/aromatic N) is 2. The van der Waals surface area contributed by atoms with Crippen LogP contribution in [0.3, 0.4) is 0 Å². The maximum atomic E-state index is 11.8. The van der Waals surface area contributed by atoms with Gasteiger partial charge in [-0.25, -0.2) is 4.98 Å². The molecule has 3 N–H and O–H groups in total. The monoisotopic (exact) mass is 230 g/mol. The normalized spacial score (nSPS) is 10.5. The number of pyridine rings is 1. The van der Waals surface area contributed by atoms with E-state index in [0.29, 0.717) is 23.5 Å². The first-order valence-electron chi connectivity index (χ1n) is 5.44. The Balaban J connectivity index is 2.63. The SMILES string of the molecule is CCc1c(N)nc(-c2ncccc2C)[nH]c1=O. The highest BCUT2D eigenvalue weighted by Gasteiger charge is 2.10. The number of nitrogen functional groups attached to an aromatic ring is 1. The molecule has 2 heterocycles. The van der Waals surface area contributed by atoms with Crippen LogP contribution < -0.4 is 11.3 Å². The third-order valence-electron chi connectivity index (χ3n) is 2.63. The second-order valence-corrected chi connectivity index (χ2v) is 3.80. The van der Waals surface area contributed by atoms with Crippen LogP contribution in [0.4, 0.5) is 5.82 Å². The lowest BCUT2D eigenvalue weighted by Gasteiger charge is -2.06. The molecule has 0 unspecified atom stereocenters. The molecule has 0 atom stereocenters. The lowest BCUT2D eigenvalue weighted by Crippen LogP contribution is -2.18. The molecule has 0 spiro atoms. The molecule has 0 aliphatic rings. The summed E-state index contributed by atoms with van der Waals surface area (Å²) in [6.07, 6.45) is 2.22. The zero-order valence-electron chi connectivity index (χ0n) is 9.82. The van der Waals surface area contributed by atoms with Crippen molar-refractivity contribution < 1.29 is 0 Å². The summed E-state index contributed by atoms with van der Waals surface area (Å²) >= 11 is 0. The van der Waals surface area contributed by atoms with E-state index in [2.05, 4.69) is 15.0 Å². The molecule has 2 aromatic rings. The van der Waals surface area contributed by atoms with E-state index in [-0.39, 0.29) is 11.4 Å². The van der Waals surface area contributed by atoms with Crippen molar-refractivity contribution in [2.75, 3.05) is 5.73 Å². The van der Waals surface area contributed by atoms with E-state index < -0.39 is 0 Å². The Morgan fingerprint density at radius 1 is 1.47 bits per heavy atom. The van der Waals surface area contributed by atoms with Crippen LogP contribution in [0.2, 0.25) is 0 Å². The molecule has 2 rings (SSSR count). The van der Waals surface area contributed by atoms with Crippen molar-refractivity contribution in [3.8, 4) is 11.5 Å². The number of hydrogen-bond donors (Lipinski definition) is 2. The maximum Gasteiger partial charge on any atom is 0.256 e. The molecule has 0 saturated heterocycles. The molecular weight excluding hydrogens is 216 g/mol. The van der Waals surface area contributed by atoms with E-state index in [1.165, 1.54) is 0 Å². The summed E-state index contributed by atoms with van der Waals surface area (Å²) in [5.41, 5.74) is 7.68. The summed E-state index contributed by atoms with van der Waals surface area (Å²) in [6, 6.07) is 3.74. The summed E-state index contributed by atoms with van der Waals surface area (Å²) in [6.45, 7) is 3.78. The zero-order chi connectivity index (χ0) is 12.4. The number of nitrogens with one attached hydrogen (secondary N) is 1. The van der Waals surface area contributed by atoms with E-state index in [0.717, 1.165) is 5.56 Å². The molecule has 0 radical (unpaired) electrons. The van der Waals surface area contributed by atoms with Crippen LogP contribution in [0.5, 0.6) is 0 Å². The molecule has 2 aromatic heterocycles. The van der Waals surface area contributed by atoms with Crippen LogP contribution in [0.25, 0.3) is 11.5 Å². The molecule has 0 aliphatic carbocycles. The third-order valence-corrected chi connectivity index (χ3v) is 2.63. The molecule has 5 nitrogen and oxygen atoms in total. The first kappa shape index (κ1) is 11.3. The number of H-pyrrole nitrogens is 1. The molecule has 0 fully saturated rings. The van der Waals surface area contributed by atoms with Crippen LogP contribution in [-0.4, -0.2) is 15.0 Å². The fraction of sp³-hybridized carbons (Fsp3) is 0.250. The van der Waals surface area contributed by atoms with Crippen molar-refractivity contribution >= 4 is 5.82 Å². The van der Waals surface area contributed by atoms with Crippen molar-refractivity contribution in [2.24, 2.45) is 0 Å². The van der Waals surface area contributed by atoms with E-state index in [1.54, 1.807) is 6.20 Å². The molecule has 5 heteroatoms. The van der Waals surface area contributed by atoms with Gasteiger partial charge in [0.05, 0.1) is 5.56 Å². The summed E-state index contributed by atoms with van der Waals surface area (Å²) in [5, 5.41) is 0. The fourth-order valence-corrected chi connectivity index (χ4v) is 1.70. The Kier molecular flexibility index (Phi) is 2.91. The van der Waals surface area contributed by atoms with Gasteiger partial charge in [0.15, 0.2) is 5.82 Å². The van der Waals surface area contributed by atoms with Crippen LogP contribution in [0.1, 0.15) is 18.1 Å². The lowest BCUT2D eigenvalue weighted by molar-refractivity contribution is 1.01. The summed E-state index contributed by atoms with van der Waals surface area (Å²) < 4.78 is 0. The molecule has 0 bridgehead atoms. The Morgan fingerprint density at radius 3 is 2.82 bits per heavy atom. The van der Waals surface area contributed by atoms with Gasteiger partial charge >= 0.3 is 0 Å². The topological polar surface area (TPSA) is 84.7 Å². The molecule has 0 aromatic carbocycles. The smallest absolute Gasteiger partial charge is 0.256 e. The molecule has 0 aliphatic heterocycles. The number of aryl methyl sites for hydroxylation is 1. The quantitative estimate of drug-likeness (QED) is 0.814. The van der Waals surface area contributed by atoms with Gasteiger partial charge in [-0.3, -0.25) is 9.78 Å². The highest BCUT2D eigenvalue weighted by Crippen LogP contribution is 2.16. The first-order valence-corrected chi connectivity index (χ1v) is 5.44. The van der Waals surface area contributed by atoms with Gasteiger partial charge in [0, 0.05) is 6.20 Å². The highest BCUT2D eigenvalue weighted by atomic mass is 16.1. The number of anilines is 1. The summed E-state index contributed by atoms with van der Waals surface area (Å²) in [5.74, 6) is 0.694. The zero-order valence-corrected chi connectivity index (χ0v) is 9.82. The molecule has 0 amide bonds. The van der Waals surface area contributed by atoms with Crippen molar-refractivity contribution in [3.63, 3.8) is 0 Å². The Morgan fingerprint density at radius 2 is 2.24 bits per heavy atom. The predicted molar refractivity (Wildman–Crippen MR) is 66.6 cm³/mol. The van der Waals surface area contributed by atoms with E-state index in [9.17, 15) is 4.79 Å². The minimum Gasteiger partial charge on any atom is -0.383 e. The minimum absolute atomic E-state index is 0.194. The maximum absolute atomic E-state index is 11.8. The van der Waals surface area contributed by atoms with E-state index >= 15 is 0 Å². The van der Waals surface area contributed by atoms with Crippen LogP contribution >= 0.6 is 0 Å². The average molecular weight is 230 g/mol. The van der Waals surface area contributed by atoms with Crippen LogP contribution in [0, 0.1) is 6.92 Å². The molecular formula is C12H14N4O. The van der Waals surface area contributed by atoms with Gasteiger partial charge in [0.25, 0.3) is 5.56 Å². The number of hydrogen-bond acceptors (Lipinski definition) is 4. The van der Waals surface area contributed by atoms with Gasteiger partial charge in [0.2, 0.25) is 0 Å². The van der Waals surface area contributed by atoms with Crippen LogP contribution in [-0.2, 0) is 6.42 Å². The molecule has 0 saturated carbocycles. The van der Waals surface area contributed by atoms with Gasteiger partial charge < -0.3 is 10.7 Å². The lowest BCUT2D eigenvalue weighted by atomic mass is 10.2. The molecule has 88 valence electrons. The van der Waals surface area contributed by atoms with Gasteiger partial charge in [-0.05, 0) is 25.0 Å². The van der Waals surface area contributed by atoms with Gasteiger partial charge in [-0.1, -0.05) is 13.0 Å². The number of rotatable bonds is 2. The Hall–Kier alpha value is -2.17. The second kappa shape index (κ2) is 4.37. The average Bonchev–Trinajstić information content (AvgIpc) is 2.29. The second-order valence-electron chi connectivity index (χ2n) is 3.80. The summed E-state index contributed by atoms with van der Waals surface area (Å²) in [7, 11) is 0. The highest BCUT2D eigenvalue weighted by molar-refractivity contribution is 5.56. The fourth-order valence-electron chi connectivity index (χ4n) is 1.70. The van der Waals surface area contributed by atoms with Gasteiger partial charge in [-0.15, -0.1) is 0 Å². The largest absolute Gasteiger partial charge is 0.383 e.